The van der Waals surface area contributed by atoms with Gasteiger partial charge in [-0.15, -0.1) is 0 Å². The minimum Gasteiger partial charge on any atom is -0.469 e. The number of aryl methyl sites for hydroxylation is 1. The fraction of sp³-hybridized carbons (Fsp3) is 0.150. The summed E-state index contributed by atoms with van der Waals surface area (Å²) in [5, 5.41) is 1.18. The molecule has 3 rings (SSSR count). The Bertz CT molecular complexity index is 957. The first-order valence-electron chi connectivity index (χ1n) is 7.97. The lowest BCUT2D eigenvalue weighted by atomic mass is 10.1. The molecule has 0 N–H and O–H groups in total. The molecule has 0 aliphatic heterocycles. The van der Waals surface area contributed by atoms with Crippen molar-refractivity contribution in [2.45, 2.75) is 13.8 Å². The van der Waals surface area contributed by atoms with Crippen LogP contribution in [0.1, 0.15) is 21.6 Å². The Kier molecular flexibility index (Phi) is 5.55. The highest BCUT2D eigenvalue weighted by Gasteiger charge is 2.13. The van der Waals surface area contributed by atoms with Crippen molar-refractivity contribution in [1.82, 2.24) is 9.97 Å². The number of carbonyl (C=O) groups excluding carboxylic acids is 1. The zero-order valence-electron chi connectivity index (χ0n) is 14.3. The standard InChI is InChI=1S/C20H16Cl2N2O2/c1-12-13(2)23-19(15-4-3-5-17(22)10-15)24-20(12)26-11-18(25)14-6-8-16(21)9-7-14/h3-10H,11H2,1-2H3. The molecule has 132 valence electrons. The van der Waals surface area contributed by atoms with Crippen molar-refractivity contribution in [3.8, 4) is 17.3 Å². The minimum absolute atomic E-state index is 0.117. The third-order valence-electron chi connectivity index (χ3n) is 3.93. The molecule has 3 aromatic rings. The van der Waals surface area contributed by atoms with Gasteiger partial charge in [-0.2, -0.15) is 4.98 Å². The molecule has 0 bridgehead atoms. The lowest BCUT2D eigenvalue weighted by Gasteiger charge is -2.11. The number of carbonyl (C=O) groups is 1. The first-order chi connectivity index (χ1) is 12.4. The summed E-state index contributed by atoms with van der Waals surface area (Å²) in [4.78, 5) is 21.2. The molecule has 1 heterocycles. The van der Waals surface area contributed by atoms with Gasteiger partial charge in [-0.1, -0.05) is 35.3 Å². The summed E-state index contributed by atoms with van der Waals surface area (Å²) in [6, 6.07) is 14.0. The lowest BCUT2D eigenvalue weighted by molar-refractivity contribution is 0.0917. The third-order valence-corrected chi connectivity index (χ3v) is 4.42. The maximum absolute atomic E-state index is 12.3. The minimum atomic E-state index is -0.151. The molecule has 4 nitrogen and oxygen atoms in total. The van der Waals surface area contributed by atoms with Gasteiger partial charge >= 0.3 is 0 Å². The summed E-state index contributed by atoms with van der Waals surface area (Å²) < 4.78 is 5.69. The quantitative estimate of drug-likeness (QED) is 0.556. The average molecular weight is 387 g/mol. The average Bonchev–Trinajstić information content (AvgIpc) is 2.63. The molecule has 0 atom stereocenters. The Balaban J connectivity index is 1.83. The number of ether oxygens (including phenoxy) is 1. The van der Waals surface area contributed by atoms with Gasteiger partial charge in [0.05, 0.1) is 0 Å². The molecular formula is C20H16Cl2N2O2. The lowest BCUT2D eigenvalue weighted by Crippen LogP contribution is -2.13. The van der Waals surface area contributed by atoms with Crippen LogP contribution in [0.4, 0.5) is 0 Å². The highest BCUT2D eigenvalue weighted by molar-refractivity contribution is 6.31. The molecule has 1 aromatic heterocycles. The zero-order valence-corrected chi connectivity index (χ0v) is 15.8. The van der Waals surface area contributed by atoms with Gasteiger partial charge in [0.15, 0.2) is 18.2 Å². The number of Topliss-reactive ketones (excluding diaryl/α,β-unsaturated/α-hetero) is 1. The van der Waals surface area contributed by atoms with Crippen molar-refractivity contribution in [2.75, 3.05) is 6.61 Å². The van der Waals surface area contributed by atoms with Crippen LogP contribution >= 0.6 is 23.2 Å². The van der Waals surface area contributed by atoms with Crippen molar-refractivity contribution in [3.05, 3.63) is 75.4 Å². The van der Waals surface area contributed by atoms with Crippen LogP contribution in [-0.2, 0) is 0 Å². The van der Waals surface area contributed by atoms with Crippen molar-refractivity contribution >= 4 is 29.0 Å². The zero-order chi connectivity index (χ0) is 18.7. The first kappa shape index (κ1) is 18.4. The van der Waals surface area contributed by atoms with Gasteiger partial charge in [0.25, 0.3) is 0 Å². The van der Waals surface area contributed by atoms with Crippen molar-refractivity contribution in [3.63, 3.8) is 0 Å². The highest BCUT2D eigenvalue weighted by atomic mass is 35.5. The van der Waals surface area contributed by atoms with Gasteiger partial charge in [-0.3, -0.25) is 4.79 Å². The highest BCUT2D eigenvalue weighted by Crippen LogP contribution is 2.25. The van der Waals surface area contributed by atoms with Crippen molar-refractivity contribution in [1.29, 1.82) is 0 Å². The maximum atomic E-state index is 12.3. The van der Waals surface area contributed by atoms with Gasteiger partial charge in [-0.05, 0) is 50.2 Å². The van der Waals surface area contributed by atoms with Crippen molar-refractivity contribution in [2.24, 2.45) is 0 Å². The SMILES string of the molecule is Cc1nc(-c2cccc(Cl)c2)nc(OCC(=O)c2ccc(Cl)cc2)c1C. The number of nitrogens with zero attached hydrogens (tertiary/aromatic N) is 2. The number of benzene rings is 2. The number of halogens is 2. The summed E-state index contributed by atoms with van der Waals surface area (Å²) >= 11 is 11.9. The van der Waals surface area contributed by atoms with Crippen LogP contribution in [0.3, 0.4) is 0 Å². The van der Waals surface area contributed by atoms with Crippen LogP contribution in [0.2, 0.25) is 10.0 Å². The second-order valence-corrected chi connectivity index (χ2v) is 6.66. The van der Waals surface area contributed by atoms with Gasteiger partial charge in [-0.25, -0.2) is 4.98 Å². The van der Waals surface area contributed by atoms with E-state index in [1.54, 1.807) is 36.4 Å². The fourth-order valence-corrected chi connectivity index (χ4v) is 2.67. The van der Waals surface area contributed by atoms with Gasteiger partial charge in [0.1, 0.15) is 0 Å². The molecule has 0 amide bonds. The molecular weight excluding hydrogens is 371 g/mol. The van der Waals surface area contributed by atoms with E-state index in [2.05, 4.69) is 9.97 Å². The van der Waals surface area contributed by atoms with E-state index < -0.39 is 0 Å². The van der Waals surface area contributed by atoms with E-state index in [9.17, 15) is 4.79 Å². The molecule has 0 aliphatic carbocycles. The fourth-order valence-electron chi connectivity index (χ4n) is 2.35. The van der Waals surface area contributed by atoms with Crippen LogP contribution in [0.25, 0.3) is 11.4 Å². The summed E-state index contributed by atoms with van der Waals surface area (Å²) in [6.45, 7) is 3.62. The summed E-state index contributed by atoms with van der Waals surface area (Å²) in [7, 11) is 0. The number of rotatable bonds is 5. The van der Waals surface area contributed by atoms with E-state index in [0.29, 0.717) is 27.3 Å². The predicted molar refractivity (Wildman–Crippen MR) is 103 cm³/mol. The van der Waals surface area contributed by atoms with Gasteiger partial charge < -0.3 is 4.74 Å². The molecule has 0 unspecified atom stereocenters. The number of hydrogen-bond donors (Lipinski definition) is 0. The molecule has 0 spiro atoms. The van der Waals surface area contributed by atoms with E-state index in [-0.39, 0.29) is 12.4 Å². The van der Waals surface area contributed by atoms with E-state index in [0.717, 1.165) is 16.8 Å². The third kappa shape index (κ3) is 4.21. The normalized spacial score (nSPS) is 10.6. The molecule has 0 radical (unpaired) electrons. The van der Waals surface area contributed by atoms with Crippen LogP contribution in [-0.4, -0.2) is 22.4 Å². The second-order valence-electron chi connectivity index (χ2n) is 5.79. The number of ketones is 1. The first-order valence-corrected chi connectivity index (χ1v) is 8.72. The summed E-state index contributed by atoms with van der Waals surface area (Å²) in [5.74, 6) is 0.737. The second kappa shape index (κ2) is 7.85. The number of aromatic nitrogens is 2. The predicted octanol–water partition coefficient (Wildman–Crippen LogP) is 5.33. The number of hydrogen-bond acceptors (Lipinski definition) is 4. The van der Waals surface area contributed by atoms with Crippen LogP contribution < -0.4 is 4.74 Å². The molecule has 26 heavy (non-hydrogen) atoms. The van der Waals surface area contributed by atoms with Crippen LogP contribution in [0.5, 0.6) is 5.88 Å². The van der Waals surface area contributed by atoms with Crippen LogP contribution in [0, 0.1) is 13.8 Å². The maximum Gasteiger partial charge on any atom is 0.220 e. The van der Waals surface area contributed by atoms with E-state index in [1.807, 2.05) is 26.0 Å². The van der Waals surface area contributed by atoms with E-state index in [1.165, 1.54) is 0 Å². The Hall–Kier alpha value is -2.43. The van der Waals surface area contributed by atoms with E-state index in [4.69, 9.17) is 27.9 Å². The monoisotopic (exact) mass is 386 g/mol. The smallest absolute Gasteiger partial charge is 0.220 e. The van der Waals surface area contributed by atoms with Crippen molar-refractivity contribution < 1.29 is 9.53 Å². The molecule has 6 heteroatoms. The summed E-state index contributed by atoms with van der Waals surface area (Å²) in [5.41, 5.74) is 2.89. The van der Waals surface area contributed by atoms with E-state index >= 15 is 0 Å². The Morgan fingerprint density at radius 2 is 1.73 bits per heavy atom. The summed E-state index contributed by atoms with van der Waals surface area (Å²) in [6.07, 6.45) is 0. The molecule has 2 aromatic carbocycles. The molecule has 0 saturated carbocycles. The molecule has 0 aliphatic rings. The molecule has 0 fully saturated rings. The topological polar surface area (TPSA) is 52.1 Å². The largest absolute Gasteiger partial charge is 0.469 e. The Labute approximate surface area is 161 Å². The Morgan fingerprint density at radius 1 is 1.00 bits per heavy atom. The van der Waals surface area contributed by atoms with Gasteiger partial charge in [0.2, 0.25) is 5.88 Å². The molecule has 0 saturated heterocycles. The van der Waals surface area contributed by atoms with Gasteiger partial charge in [0, 0.05) is 32.4 Å². The Morgan fingerprint density at radius 3 is 2.42 bits per heavy atom. The van der Waals surface area contributed by atoms with Crippen LogP contribution in [0.15, 0.2) is 48.5 Å².